The third-order valence-corrected chi connectivity index (χ3v) is 8.89. The molecule has 2 heterocycles. The number of aromatic nitrogens is 1. The molecule has 28 heavy (non-hydrogen) atoms. The fourth-order valence-electron chi connectivity index (χ4n) is 3.53. The molecule has 1 aliphatic heterocycles. The Morgan fingerprint density at radius 3 is 2.54 bits per heavy atom. The van der Waals surface area contributed by atoms with Gasteiger partial charge in [-0.15, -0.1) is 22.9 Å². The number of nitrogens with zero attached hydrogens (tertiary/aromatic N) is 3. The highest BCUT2D eigenvalue weighted by molar-refractivity contribution is 7.90. The molecule has 1 saturated heterocycles. The Balaban J connectivity index is 1.44. The number of rotatable bonds is 4. The summed E-state index contributed by atoms with van der Waals surface area (Å²) in [5.74, 6) is 0. The lowest BCUT2D eigenvalue weighted by Crippen LogP contribution is -2.54. The number of sulfonamides is 1. The second-order valence-electron chi connectivity index (χ2n) is 7.13. The lowest BCUT2D eigenvalue weighted by molar-refractivity contribution is 0.379. The van der Waals surface area contributed by atoms with Crippen molar-refractivity contribution >= 4 is 38.1 Å². The Bertz CT molecular complexity index is 991. The van der Waals surface area contributed by atoms with E-state index in [4.69, 9.17) is 16.6 Å². The van der Waals surface area contributed by atoms with E-state index in [9.17, 15) is 8.42 Å². The molecular weight excluding hydrogens is 414 g/mol. The number of benzene rings is 1. The van der Waals surface area contributed by atoms with Crippen molar-refractivity contribution in [1.82, 2.24) is 9.29 Å². The molecular formula is C20H22ClN3O2S2. The summed E-state index contributed by atoms with van der Waals surface area (Å²) in [6, 6.07) is 10.1. The highest BCUT2D eigenvalue weighted by Crippen LogP contribution is 2.33. The van der Waals surface area contributed by atoms with Gasteiger partial charge < -0.3 is 4.90 Å². The number of thiazole rings is 1. The molecule has 8 heteroatoms. The first kappa shape index (κ1) is 19.6. The van der Waals surface area contributed by atoms with Crippen molar-refractivity contribution in [1.29, 1.82) is 0 Å². The fraction of sp³-hybridized carbons (Fsp3) is 0.350. The van der Waals surface area contributed by atoms with E-state index in [2.05, 4.69) is 4.90 Å². The third-order valence-electron chi connectivity index (χ3n) is 5.13. The summed E-state index contributed by atoms with van der Waals surface area (Å²) in [5.41, 5.74) is 2.04. The monoisotopic (exact) mass is 435 g/mol. The zero-order valence-corrected chi connectivity index (χ0v) is 17.9. The van der Waals surface area contributed by atoms with E-state index in [0.717, 1.165) is 16.4 Å². The number of hydrogen-bond acceptors (Lipinski definition) is 5. The Morgan fingerprint density at radius 2 is 1.86 bits per heavy atom. The van der Waals surface area contributed by atoms with Crippen LogP contribution >= 0.6 is 22.9 Å². The van der Waals surface area contributed by atoms with Gasteiger partial charge in [0.05, 0.1) is 10.6 Å². The molecule has 1 aromatic heterocycles. The van der Waals surface area contributed by atoms with E-state index in [-0.39, 0.29) is 0 Å². The van der Waals surface area contributed by atoms with E-state index < -0.39 is 20.1 Å². The maximum absolute atomic E-state index is 13.1. The average Bonchev–Trinajstić information content (AvgIpc) is 3.18. The first-order chi connectivity index (χ1) is 13.4. The summed E-state index contributed by atoms with van der Waals surface area (Å²) in [6.07, 6.45) is 6.97. The van der Waals surface area contributed by atoms with Crippen LogP contribution in [0.1, 0.15) is 6.92 Å². The van der Waals surface area contributed by atoms with Crippen molar-refractivity contribution in [2.45, 2.75) is 17.0 Å². The molecule has 0 radical (unpaired) electrons. The number of allylic oxidation sites excluding steroid dienone is 3. The van der Waals surface area contributed by atoms with Crippen LogP contribution in [0.2, 0.25) is 0 Å². The van der Waals surface area contributed by atoms with Gasteiger partial charge >= 0.3 is 0 Å². The van der Waals surface area contributed by atoms with Crippen molar-refractivity contribution in [3.8, 4) is 11.3 Å². The van der Waals surface area contributed by atoms with Gasteiger partial charge in [-0.1, -0.05) is 54.6 Å². The number of piperazine rings is 1. The highest BCUT2D eigenvalue weighted by Gasteiger charge is 2.43. The van der Waals surface area contributed by atoms with Gasteiger partial charge in [-0.05, 0) is 6.92 Å². The van der Waals surface area contributed by atoms with Gasteiger partial charge in [-0.25, -0.2) is 13.4 Å². The molecule has 2 aliphatic rings. The van der Waals surface area contributed by atoms with Gasteiger partial charge in [-0.2, -0.15) is 4.31 Å². The summed E-state index contributed by atoms with van der Waals surface area (Å²) in [6.45, 7) is 3.85. The molecule has 0 N–H and O–H groups in total. The lowest BCUT2D eigenvalue weighted by Gasteiger charge is -2.38. The SMILES string of the molecule is CC1(Cl)C=CC=CC1S(=O)(=O)N1CCN(c2nc(-c3ccccc3)cs2)CC1. The quantitative estimate of drug-likeness (QED) is 0.686. The standard InChI is InChI=1S/C20H22ClN3O2S2/c1-20(21)10-6-5-9-18(20)28(25,26)24-13-11-23(12-14-24)19-22-17(15-27-19)16-7-3-2-4-8-16/h2-10,15,18H,11-14H2,1H3. The van der Waals surface area contributed by atoms with E-state index in [1.54, 1.807) is 46.9 Å². The van der Waals surface area contributed by atoms with Crippen molar-refractivity contribution in [2.75, 3.05) is 31.1 Å². The second-order valence-corrected chi connectivity index (χ2v) is 10.8. The molecule has 1 aliphatic carbocycles. The van der Waals surface area contributed by atoms with Gasteiger partial charge in [0.15, 0.2) is 5.13 Å². The molecule has 2 atom stereocenters. The molecule has 5 nitrogen and oxygen atoms in total. The van der Waals surface area contributed by atoms with E-state index in [0.29, 0.717) is 26.2 Å². The van der Waals surface area contributed by atoms with E-state index in [1.807, 2.05) is 35.7 Å². The van der Waals surface area contributed by atoms with Crippen LogP contribution < -0.4 is 4.90 Å². The zero-order chi connectivity index (χ0) is 19.8. The van der Waals surface area contributed by atoms with Crippen molar-refractivity contribution in [3.63, 3.8) is 0 Å². The summed E-state index contributed by atoms with van der Waals surface area (Å²) < 4.78 is 27.8. The predicted octanol–water partition coefficient (Wildman–Crippen LogP) is 3.75. The van der Waals surface area contributed by atoms with Crippen LogP contribution in [-0.2, 0) is 10.0 Å². The minimum Gasteiger partial charge on any atom is -0.345 e. The van der Waals surface area contributed by atoms with Crippen molar-refractivity contribution in [3.05, 3.63) is 60.0 Å². The topological polar surface area (TPSA) is 53.5 Å². The summed E-state index contributed by atoms with van der Waals surface area (Å²) >= 11 is 8.06. The second kappa shape index (κ2) is 7.63. The Kier molecular flexibility index (Phi) is 5.35. The van der Waals surface area contributed by atoms with E-state index >= 15 is 0 Å². The molecule has 1 fully saturated rings. The van der Waals surface area contributed by atoms with Crippen LogP contribution in [0.3, 0.4) is 0 Å². The number of anilines is 1. The molecule has 148 valence electrons. The summed E-state index contributed by atoms with van der Waals surface area (Å²) in [4.78, 5) is 5.97. The van der Waals surface area contributed by atoms with Crippen molar-refractivity contribution in [2.24, 2.45) is 0 Å². The maximum Gasteiger partial charge on any atom is 0.222 e. The van der Waals surface area contributed by atoms with Crippen LogP contribution in [0.15, 0.2) is 60.0 Å². The van der Waals surface area contributed by atoms with Gasteiger partial charge in [0, 0.05) is 37.1 Å². The molecule has 4 rings (SSSR count). The van der Waals surface area contributed by atoms with Gasteiger partial charge in [-0.3, -0.25) is 0 Å². The third kappa shape index (κ3) is 3.76. The molecule has 0 bridgehead atoms. The smallest absolute Gasteiger partial charge is 0.222 e. The predicted molar refractivity (Wildman–Crippen MR) is 117 cm³/mol. The van der Waals surface area contributed by atoms with Gasteiger partial charge in [0.2, 0.25) is 10.0 Å². The Morgan fingerprint density at radius 1 is 1.14 bits per heavy atom. The number of halogens is 1. The molecule has 0 saturated carbocycles. The normalized spacial score (nSPS) is 25.9. The summed E-state index contributed by atoms with van der Waals surface area (Å²) in [7, 11) is -3.52. The molecule has 2 aromatic rings. The van der Waals surface area contributed by atoms with E-state index in [1.165, 1.54) is 0 Å². The van der Waals surface area contributed by atoms with Crippen LogP contribution in [0, 0.1) is 0 Å². The first-order valence-electron chi connectivity index (χ1n) is 9.18. The average molecular weight is 436 g/mol. The minimum absolute atomic E-state index is 0.434. The molecule has 0 amide bonds. The Hall–Kier alpha value is -1.67. The zero-order valence-electron chi connectivity index (χ0n) is 15.5. The summed E-state index contributed by atoms with van der Waals surface area (Å²) in [5, 5.41) is 2.23. The molecule has 0 spiro atoms. The molecule has 2 unspecified atom stereocenters. The lowest BCUT2D eigenvalue weighted by atomic mass is 10.0. The van der Waals surface area contributed by atoms with Crippen LogP contribution in [0.5, 0.6) is 0 Å². The molecule has 1 aromatic carbocycles. The number of hydrogen-bond donors (Lipinski definition) is 0. The number of alkyl halides is 1. The van der Waals surface area contributed by atoms with Crippen LogP contribution in [0.25, 0.3) is 11.3 Å². The van der Waals surface area contributed by atoms with Gasteiger partial charge in [0.1, 0.15) is 5.25 Å². The van der Waals surface area contributed by atoms with Crippen LogP contribution in [0.4, 0.5) is 5.13 Å². The van der Waals surface area contributed by atoms with Crippen molar-refractivity contribution < 1.29 is 8.42 Å². The highest BCUT2D eigenvalue weighted by atomic mass is 35.5. The van der Waals surface area contributed by atoms with Crippen LogP contribution in [-0.4, -0.2) is 54.0 Å². The minimum atomic E-state index is -3.52. The largest absolute Gasteiger partial charge is 0.345 e. The van der Waals surface area contributed by atoms with Gasteiger partial charge in [0.25, 0.3) is 0 Å². The first-order valence-corrected chi connectivity index (χ1v) is 11.9. The fourth-order valence-corrected chi connectivity index (χ4v) is 6.84. The Labute approximate surface area is 175 Å². The maximum atomic E-state index is 13.1.